The minimum atomic E-state index is -0.941. The molecule has 19 heavy (non-hydrogen) atoms. The molecular weight excluding hydrogens is 272 g/mol. The molecule has 5 heteroatoms. The summed E-state index contributed by atoms with van der Waals surface area (Å²) >= 11 is 5.90. The third-order valence-corrected chi connectivity index (χ3v) is 3.16. The Hall–Kier alpha value is -1.65. The average Bonchev–Trinajstić information content (AvgIpc) is 2.41. The van der Waals surface area contributed by atoms with Crippen LogP contribution in [0.5, 0.6) is 5.75 Å². The van der Waals surface area contributed by atoms with E-state index in [2.05, 4.69) is 0 Å². The molecule has 0 heterocycles. The zero-order chi connectivity index (χ0) is 14.0. The Morgan fingerprint density at radius 2 is 1.95 bits per heavy atom. The van der Waals surface area contributed by atoms with Gasteiger partial charge in [0.2, 0.25) is 0 Å². The van der Waals surface area contributed by atoms with Crippen LogP contribution >= 0.6 is 11.6 Å². The van der Waals surface area contributed by atoms with Crippen LogP contribution in [0.15, 0.2) is 36.4 Å². The molecule has 2 rings (SSSR count). The highest BCUT2D eigenvalue weighted by atomic mass is 35.5. The molecule has 0 aliphatic heterocycles. The largest absolute Gasteiger partial charge is 0.495 e. The quantitative estimate of drug-likeness (QED) is 0.933. The summed E-state index contributed by atoms with van der Waals surface area (Å²) in [4.78, 5) is 0. The van der Waals surface area contributed by atoms with Crippen molar-refractivity contribution in [3.05, 3.63) is 64.2 Å². The lowest BCUT2D eigenvalue weighted by molar-refractivity contribution is 0.414. The molecule has 100 valence electrons. The normalized spacial score (nSPS) is 12.3. The number of benzene rings is 2. The molecular formula is C14H12ClF2NO. The lowest BCUT2D eigenvalue weighted by Crippen LogP contribution is -2.14. The van der Waals surface area contributed by atoms with Crippen molar-refractivity contribution < 1.29 is 13.5 Å². The highest BCUT2D eigenvalue weighted by Crippen LogP contribution is 2.30. The van der Waals surface area contributed by atoms with E-state index < -0.39 is 17.7 Å². The summed E-state index contributed by atoms with van der Waals surface area (Å²) < 4.78 is 31.9. The molecule has 0 bridgehead atoms. The Bertz CT molecular complexity index is 604. The lowest BCUT2D eigenvalue weighted by atomic mass is 9.99. The van der Waals surface area contributed by atoms with Gasteiger partial charge in [-0.1, -0.05) is 29.8 Å². The first kappa shape index (κ1) is 13.8. The molecule has 2 nitrogen and oxygen atoms in total. The Labute approximate surface area is 114 Å². The molecule has 0 saturated carbocycles. The maximum atomic E-state index is 13.7. The van der Waals surface area contributed by atoms with Crippen LogP contribution < -0.4 is 10.5 Å². The van der Waals surface area contributed by atoms with Crippen LogP contribution in [0, 0.1) is 11.6 Å². The molecule has 0 saturated heterocycles. The van der Waals surface area contributed by atoms with Crippen molar-refractivity contribution in [2.75, 3.05) is 7.11 Å². The van der Waals surface area contributed by atoms with Gasteiger partial charge in [0.1, 0.15) is 5.75 Å². The van der Waals surface area contributed by atoms with Gasteiger partial charge in [-0.3, -0.25) is 0 Å². The lowest BCUT2D eigenvalue weighted by Gasteiger charge is -2.15. The van der Waals surface area contributed by atoms with Crippen molar-refractivity contribution in [1.29, 1.82) is 0 Å². The molecule has 1 unspecified atom stereocenters. The fourth-order valence-electron chi connectivity index (χ4n) is 1.81. The maximum Gasteiger partial charge on any atom is 0.163 e. The van der Waals surface area contributed by atoms with E-state index in [1.807, 2.05) is 0 Å². The number of nitrogens with two attached hydrogens (primary N) is 1. The zero-order valence-electron chi connectivity index (χ0n) is 10.2. The monoisotopic (exact) mass is 283 g/mol. The third-order valence-electron chi connectivity index (χ3n) is 2.85. The predicted octanol–water partition coefficient (Wildman–Crippen LogP) is 3.67. The van der Waals surface area contributed by atoms with E-state index in [0.717, 1.165) is 6.07 Å². The van der Waals surface area contributed by atoms with E-state index in [4.69, 9.17) is 22.1 Å². The molecule has 0 aliphatic rings. The first-order valence-corrected chi connectivity index (χ1v) is 5.95. The van der Waals surface area contributed by atoms with E-state index in [1.54, 1.807) is 18.2 Å². The second-order valence-electron chi connectivity index (χ2n) is 4.01. The fourth-order valence-corrected chi connectivity index (χ4v) is 2.00. The molecule has 0 spiro atoms. The second-order valence-corrected chi connectivity index (χ2v) is 4.42. The minimum absolute atomic E-state index is 0.0874. The van der Waals surface area contributed by atoms with E-state index >= 15 is 0 Å². The van der Waals surface area contributed by atoms with E-state index in [1.165, 1.54) is 19.2 Å². The van der Waals surface area contributed by atoms with Crippen LogP contribution in [0.25, 0.3) is 0 Å². The van der Waals surface area contributed by atoms with Gasteiger partial charge in [0.15, 0.2) is 11.6 Å². The van der Waals surface area contributed by atoms with Crippen LogP contribution in [0.4, 0.5) is 8.78 Å². The van der Waals surface area contributed by atoms with Crippen LogP contribution in [0.3, 0.4) is 0 Å². The summed E-state index contributed by atoms with van der Waals surface area (Å²) in [6, 6.07) is 7.99. The summed E-state index contributed by atoms with van der Waals surface area (Å²) in [5, 5.41) is 0.429. The van der Waals surface area contributed by atoms with Gasteiger partial charge in [-0.25, -0.2) is 8.78 Å². The van der Waals surface area contributed by atoms with Crippen LogP contribution in [0.1, 0.15) is 17.2 Å². The maximum absolute atomic E-state index is 13.7. The summed E-state index contributed by atoms with van der Waals surface area (Å²) in [6.07, 6.45) is 0. The average molecular weight is 284 g/mol. The van der Waals surface area contributed by atoms with Gasteiger partial charge in [-0.05, 0) is 23.8 Å². The van der Waals surface area contributed by atoms with E-state index in [9.17, 15) is 8.78 Å². The van der Waals surface area contributed by atoms with Crippen LogP contribution in [-0.2, 0) is 0 Å². The first-order chi connectivity index (χ1) is 9.04. The van der Waals surface area contributed by atoms with Gasteiger partial charge in [0.25, 0.3) is 0 Å². The first-order valence-electron chi connectivity index (χ1n) is 5.57. The number of ether oxygens (including phenoxy) is 1. The second kappa shape index (κ2) is 5.55. The Morgan fingerprint density at radius 1 is 1.21 bits per heavy atom. The highest BCUT2D eigenvalue weighted by molar-refractivity contribution is 6.32. The number of halogens is 3. The zero-order valence-corrected chi connectivity index (χ0v) is 10.9. The van der Waals surface area contributed by atoms with Gasteiger partial charge in [-0.2, -0.15) is 0 Å². The molecule has 0 aliphatic carbocycles. The Morgan fingerprint density at radius 3 is 2.63 bits per heavy atom. The fraction of sp³-hybridized carbons (Fsp3) is 0.143. The van der Waals surface area contributed by atoms with E-state index in [0.29, 0.717) is 16.3 Å². The van der Waals surface area contributed by atoms with Crippen molar-refractivity contribution in [2.24, 2.45) is 5.73 Å². The molecule has 2 N–H and O–H groups in total. The molecule has 0 radical (unpaired) electrons. The third kappa shape index (κ3) is 2.69. The molecule has 0 amide bonds. The van der Waals surface area contributed by atoms with Crippen molar-refractivity contribution >= 4 is 11.6 Å². The van der Waals surface area contributed by atoms with Gasteiger partial charge >= 0.3 is 0 Å². The summed E-state index contributed by atoms with van der Waals surface area (Å²) in [5.74, 6) is -1.43. The van der Waals surface area contributed by atoms with Gasteiger partial charge in [-0.15, -0.1) is 0 Å². The summed E-state index contributed by atoms with van der Waals surface area (Å²) in [6.45, 7) is 0. The molecule has 0 fully saturated rings. The topological polar surface area (TPSA) is 35.2 Å². The van der Waals surface area contributed by atoms with Crippen molar-refractivity contribution in [3.8, 4) is 5.75 Å². The Balaban J connectivity index is 2.44. The molecule has 2 aromatic carbocycles. The number of hydrogen-bond acceptors (Lipinski definition) is 2. The van der Waals surface area contributed by atoms with Crippen molar-refractivity contribution in [3.63, 3.8) is 0 Å². The number of methoxy groups -OCH3 is 1. The standard InChI is InChI=1S/C14H12ClF2NO/c1-19-12-7-8(5-6-10(12)15)14(18)9-3-2-4-11(16)13(9)17/h2-7,14H,18H2,1H3. The number of rotatable bonds is 3. The van der Waals surface area contributed by atoms with Crippen molar-refractivity contribution in [2.45, 2.75) is 6.04 Å². The predicted molar refractivity (Wildman–Crippen MR) is 70.4 cm³/mol. The summed E-state index contributed by atoms with van der Waals surface area (Å²) in [7, 11) is 1.47. The van der Waals surface area contributed by atoms with Crippen LogP contribution in [-0.4, -0.2) is 7.11 Å². The van der Waals surface area contributed by atoms with E-state index in [-0.39, 0.29) is 5.56 Å². The molecule has 1 atom stereocenters. The molecule has 0 aromatic heterocycles. The highest BCUT2D eigenvalue weighted by Gasteiger charge is 2.17. The van der Waals surface area contributed by atoms with Gasteiger partial charge < -0.3 is 10.5 Å². The van der Waals surface area contributed by atoms with Crippen molar-refractivity contribution in [1.82, 2.24) is 0 Å². The smallest absolute Gasteiger partial charge is 0.163 e. The Kier molecular flexibility index (Phi) is 4.02. The molecule has 2 aromatic rings. The SMILES string of the molecule is COc1cc(C(N)c2cccc(F)c2F)ccc1Cl. The number of hydrogen-bond donors (Lipinski definition) is 1. The van der Waals surface area contributed by atoms with Gasteiger partial charge in [0, 0.05) is 5.56 Å². The summed E-state index contributed by atoms with van der Waals surface area (Å²) in [5.41, 5.74) is 6.63. The minimum Gasteiger partial charge on any atom is -0.495 e. The van der Waals surface area contributed by atoms with Gasteiger partial charge in [0.05, 0.1) is 18.2 Å². The van der Waals surface area contributed by atoms with Crippen LogP contribution in [0.2, 0.25) is 5.02 Å².